The van der Waals surface area contributed by atoms with E-state index in [1.165, 1.54) is 47.6 Å². The van der Waals surface area contributed by atoms with Crippen molar-refractivity contribution in [3.8, 4) is 5.75 Å². The molecular formula is C23H32N2OS. The van der Waals surface area contributed by atoms with Crippen LogP contribution in [0.5, 0.6) is 5.75 Å². The highest BCUT2D eigenvalue weighted by atomic mass is 32.1. The van der Waals surface area contributed by atoms with Crippen molar-refractivity contribution < 1.29 is 4.74 Å². The van der Waals surface area contributed by atoms with E-state index >= 15 is 0 Å². The van der Waals surface area contributed by atoms with E-state index in [0.717, 1.165) is 36.8 Å². The first kappa shape index (κ1) is 21.2. The molecule has 146 valence electrons. The summed E-state index contributed by atoms with van der Waals surface area (Å²) in [4.78, 5) is 0. The van der Waals surface area contributed by atoms with Crippen molar-refractivity contribution >= 4 is 28.1 Å². The number of hydrogen-bond acceptors (Lipinski definition) is 2. The summed E-state index contributed by atoms with van der Waals surface area (Å²) in [6.45, 7) is 7.89. The molecule has 0 aliphatic rings. The lowest BCUT2D eigenvalue weighted by Crippen LogP contribution is -2.36. The number of thiocarbonyl (C=S) groups is 1. The first-order valence-electron chi connectivity index (χ1n) is 9.91. The summed E-state index contributed by atoms with van der Waals surface area (Å²) in [5.74, 6) is 0.923. The van der Waals surface area contributed by atoms with E-state index in [4.69, 9.17) is 17.0 Å². The van der Waals surface area contributed by atoms with Gasteiger partial charge in [0.05, 0.1) is 7.11 Å². The van der Waals surface area contributed by atoms with Crippen molar-refractivity contribution in [1.82, 2.24) is 10.6 Å². The maximum atomic E-state index is 5.58. The Labute approximate surface area is 169 Å². The first-order valence-corrected chi connectivity index (χ1v) is 10.3. The lowest BCUT2D eigenvalue weighted by atomic mass is 9.95. The van der Waals surface area contributed by atoms with Gasteiger partial charge < -0.3 is 15.4 Å². The largest absolute Gasteiger partial charge is 0.496 e. The standard InChI is InChI=1S/C23H32N2OS/c1-4-6-7-8-16-24-23(27)25-17-15-19-12-9-11-18-13-14-21(26-3)20(10-5-2)22(18)19/h5,9,11-14H,2,4,6-8,10,15-17H2,1,3H3,(H2,24,25,27). The molecular weight excluding hydrogens is 352 g/mol. The van der Waals surface area contributed by atoms with Crippen LogP contribution in [0.15, 0.2) is 43.0 Å². The number of hydrogen-bond donors (Lipinski definition) is 2. The SMILES string of the molecule is C=CCc1c(OC)ccc2cccc(CCNC(=S)NCCCCCC)c12. The Morgan fingerprint density at radius 3 is 2.67 bits per heavy atom. The summed E-state index contributed by atoms with van der Waals surface area (Å²) in [6.07, 6.45) is 8.62. The molecule has 0 saturated heterocycles. The van der Waals surface area contributed by atoms with Crippen LogP contribution in [-0.2, 0) is 12.8 Å². The van der Waals surface area contributed by atoms with Gasteiger partial charge in [0.2, 0.25) is 0 Å². The maximum absolute atomic E-state index is 5.58. The van der Waals surface area contributed by atoms with Crippen LogP contribution >= 0.6 is 12.2 Å². The van der Waals surface area contributed by atoms with Gasteiger partial charge in [0, 0.05) is 18.7 Å². The third-order valence-electron chi connectivity index (χ3n) is 4.76. The maximum Gasteiger partial charge on any atom is 0.166 e. The molecule has 0 aliphatic carbocycles. The molecule has 0 bridgehead atoms. The van der Waals surface area contributed by atoms with Gasteiger partial charge >= 0.3 is 0 Å². The van der Waals surface area contributed by atoms with Crippen LogP contribution in [-0.4, -0.2) is 25.3 Å². The van der Waals surface area contributed by atoms with Crippen molar-refractivity contribution in [1.29, 1.82) is 0 Å². The van der Waals surface area contributed by atoms with Crippen molar-refractivity contribution in [3.05, 3.63) is 54.1 Å². The van der Waals surface area contributed by atoms with Crippen molar-refractivity contribution in [2.75, 3.05) is 20.2 Å². The molecule has 0 saturated carbocycles. The van der Waals surface area contributed by atoms with Crippen LogP contribution < -0.4 is 15.4 Å². The molecule has 0 aromatic heterocycles. The van der Waals surface area contributed by atoms with Crippen molar-refractivity contribution in [3.63, 3.8) is 0 Å². The molecule has 0 heterocycles. The zero-order valence-corrected chi connectivity index (χ0v) is 17.5. The highest BCUT2D eigenvalue weighted by Crippen LogP contribution is 2.31. The van der Waals surface area contributed by atoms with Crippen LogP contribution in [0.2, 0.25) is 0 Å². The van der Waals surface area contributed by atoms with Gasteiger partial charge in [-0.2, -0.15) is 0 Å². The quantitative estimate of drug-likeness (QED) is 0.318. The third kappa shape index (κ3) is 6.24. The molecule has 0 aliphatic heterocycles. The first-order chi connectivity index (χ1) is 13.2. The molecule has 2 rings (SSSR count). The van der Waals surface area contributed by atoms with Crippen LogP contribution in [0.1, 0.15) is 43.7 Å². The van der Waals surface area contributed by atoms with Crippen molar-refractivity contribution in [2.24, 2.45) is 0 Å². The Kier molecular flexibility index (Phi) is 9.12. The highest BCUT2D eigenvalue weighted by molar-refractivity contribution is 7.80. The van der Waals surface area contributed by atoms with Gasteiger partial charge in [-0.05, 0) is 53.9 Å². The normalized spacial score (nSPS) is 10.6. The second-order valence-electron chi connectivity index (χ2n) is 6.75. The van der Waals surface area contributed by atoms with E-state index in [2.05, 4.69) is 48.4 Å². The molecule has 0 fully saturated rings. The average Bonchev–Trinajstić information content (AvgIpc) is 2.68. The van der Waals surface area contributed by atoms with E-state index in [0.29, 0.717) is 0 Å². The highest BCUT2D eigenvalue weighted by Gasteiger charge is 2.11. The molecule has 0 unspecified atom stereocenters. The molecule has 0 spiro atoms. The fraction of sp³-hybridized carbons (Fsp3) is 0.435. The summed E-state index contributed by atoms with van der Waals surface area (Å²) in [5, 5.41) is 9.90. The van der Waals surface area contributed by atoms with Gasteiger partial charge in [0.1, 0.15) is 5.75 Å². The Bertz CT molecular complexity index is 757. The molecule has 2 aromatic carbocycles. The summed E-state index contributed by atoms with van der Waals surface area (Å²) in [6, 6.07) is 10.6. The third-order valence-corrected chi connectivity index (χ3v) is 5.05. The molecule has 2 aromatic rings. The molecule has 2 N–H and O–H groups in total. The molecule has 0 amide bonds. The Morgan fingerprint density at radius 2 is 1.93 bits per heavy atom. The molecule has 0 radical (unpaired) electrons. The molecule has 0 atom stereocenters. The number of rotatable bonds is 11. The van der Waals surface area contributed by atoms with E-state index in [1.807, 2.05) is 12.1 Å². The molecule has 3 nitrogen and oxygen atoms in total. The zero-order valence-electron chi connectivity index (χ0n) is 16.6. The van der Waals surface area contributed by atoms with Crippen molar-refractivity contribution in [2.45, 2.75) is 45.4 Å². The minimum atomic E-state index is 0.746. The summed E-state index contributed by atoms with van der Waals surface area (Å²) >= 11 is 5.39. The minimum absolute atomic E-state index is 0.746. The monoisotopic (exact) mass is 384 g/mol. The lowest BCUT2D eigenvalue weighted by molar-refractivity contribution is 0.411. The van der Waals surface area contributed by atoms with E-state index in [1.54, 1.807) is 7.11 Å². The van der Waals surface area contributed by atoms with Gasteiger partial charge in [-0.25, -0.2) is 0 Å². The van der Waals surface area contributed by atoms with E-state index < -0.39 is 0 Å². The smallest absolute Gasteiger partial charge is 0.166 e. The van der Waals surface area contributed by atoms with Gasteiger partial charge in [0.25, 0.3) is 0 Å². The number of benzene rings is 2. The molecule has 4 heteroatoms. The number of nitrogens with one attached hydrogen (secondary N) is 2. The van der Waals surface area contributed by atoms with Crippen LogP contribution in [0, 0.1) is 0 Å². The van der Waals surface area contributed by atoms with Gasteiger partial charge in [-0.1, -0.05) is 56.5 Å². The predicted molar refractivity (Wildman–Crippen MR) is 121 cm³/mol. The van der Waals surface area contributed by atoms with Gasteiger partial charge in [0.15, 0.2) is 5.11 Å². The number of ether oxygens (including phenoxy) is 1. The summed E-state index contributed by atoms with van der Waals surface area (Å²) < 4.78 is 5.58. The number of allylic oxidation sites excluding steroid dienone is 1. The lowest BCUT2D eigenvalue weighted by Gasteiger charge is -2.15. The van der Waals surface area contributed by atoms with Gasteiger partial charge in [-0.3, -0.25) is 0 Å². The Balaban J connectivity index is 2.00. The summed E-state index contributed by atoms with van der Waals surface area (Å²) in [5.41, 5.74) is 2.51. The van der Waals surface area contributed by atoms with Gasteiger partial charge in [-0.15, -0.1) is 6.58 Å². The van der Waals surface area contributed by atoms with Crippen LogP contribution in [0.3, 0.4) is 0 Å². The van der Waals surface area contributed by atoms with E-state index in [-0.39, 0.29) is 0 Å². The van der Waals surface area contributed by atoms with Crippen LogP contribution in [0.25, 0.3) is 10.8 Å². The second-order valence-corrected chi connectivity index (χ2v) is 7.16. The Hall–Kier alpha value is -2.07. The fourth-order valence-electron chi connectivity index (χ4n) is 3.39. The number of methoxy groups -OCH3 is 1. The fourth-order valence-corrected chi connectivity index (χ4v) is 3.59. The number of fused-ring (bicyclic) bond motifs is 1. The molecule has 27 heavy (non-hydrogen) atoms. The Morgan fingerprint density at radius 1 is 1.11 bits per heavy atom. The number of unbranched alkanes of at least 4 members (excludes halogenated alkanes) is 3. The second kappa shape index (κ2) is 11.6. The average molecular weight is 385 g/mol. The van der Waals surface area contributed by atoms with Crippen LogP contribution in [0.4, 0.5) is 0 Å². The minimum Gasteiger partial charge on any atom is -0.496 e. The summed E-state index contributed by atoms with van der Waals surface area (Å²) in [7, 11) is 1.72. The predicted octanol–water partition coefficient (Wildman–Crippen LogP) is 5.16. The zero-order chi connectivity index (χ0) is 19.5. The van der Waals surface area contributed by atoms with E-state index in [9.17, 15) is 0 Å². The topological polar surface area (TPSA) is 33.3 Å².